The van der Waals surface area contributed by atoms with E-state index >= 15 is 0 Å². The van der Waals surface area contributed by atoms with Crippen LogP contribution in [-0.4, -0.2) is 11.1 Å². The van der Waals surface area contributed by atoms with Crippen molar-refractivity contribution in [1.82, 2.24) is 4.90 Å². The molecule has 3 nitrogen and oxygen atoms in total. The second-order valence-corrected chi connectivity index (χ2v) is 5.38. The average molecular weight is 330 g/mol. The maximum Gasteiger partial charge on any atom is 0.122 e. The quantitative estimate of drug-likeness (QED) is 0.511. The van der Waals surface area contributed by atoms with E-state index in [2.05, 4.69) is 34.1 Å². The van der Waals surface area contributed by atoms with Gasteiger partial charge in [0.1, 0.15) is 4.61 Å². The van der Waals surface area contributed by atoms with E-state index in [1.165, 1.54) is 0 Å². The van der Waals surface area contributed by atoms with Gasteiger partial charge in [0.05, 0.1) is 17.6 Å². The van der Waals surface area contributed by atoms with Crippen molar-refractivity contribution in [2.45, 2.75) is 6.92 Å². The molecule has 0 aromatic heterocycles. The Balaban J connectivity index is 2.49. The number of allylic oxidation sites excluding steroid dienone is 3. The number of hydrogen-bond donors (Lipinski definition) is 1. The molecule has 0 radical (unpaired) electrons. The fourth-order valence-electron chi connectivity index (χ4n) is 1.82. The summed E-state index contributed by atoms with van der Waals surface area (Å²) in [6, 6.07) is 7.71. The van der Waals surface area contributed by atoms with Crippen LogP contribution in [0.15, 0.2) is 70.6 Å². The highest BCUT2D eigenvalue weighted by Crippen LogP contribution is 2.29. The molecule has 0 bridgehead atoms. The van der Waals surface area contributed by atoms with Crippen LogP contribution in [0.5, 0.6) is 0 Å². The maximum absolute atomic E-state index is 5.75. The third-order valence-electron chi connectivity index (χ3n) is 2.73. The van der Waals surface area contributed by atoms with Gasteiger partial charge in [-0.15, -0.1) is 0 Å². The summed E-state index contributed by atoms with van der Waals surface area (Å²) in [4.78, 5) is 6.14. The fraction of sp³-hybridized carbons (Fsp3) is 0.0625. The molecule has 2 rings (SSSR count). The Bertz CT molecular complexity index is 636. The molecule has 0 aliphatic carbocycles. The van der Waals surface area contributed by atoms with Gasteiger partial charge in [0.15, 0.2) is 0 Å². The first-order valence-electron chi connectivity index (χ1n) is 6.10. The van der Waals surface area contributed by atoms with Crippen molar-refractivity contribution in [2.75, 3.05) is 5.73 Å². The third kappa shape index (κ3) is 3.27. The van der Waals surface area contributed by atoms with E-state index < -0.39 is 0 Å². The number of benzene rings is 1. The van der Waals surface area contributed by atoms with Crippen molar-refractivity contribution < 1.29 is 0 Å². The van der Waals surface area contributed by atoms with Gasteiger partial charge in [-0.05, 0) is 46.6 Å². The molecule has 102 valence electrons. The predicted octanol–water partition coefficient (Wildman–Crippen LogP) is 4.28. The molecule has 0 fully saturated rings. The van der Waals surface area contributed by atoms with Crippen LogP contribution >= 0.6 is 15.9 Å². The minimum Gasteiger partial charge on any atom is -0.399 e. The molecule has 1 aromatic carbocycles. The molecule has 4 heteroatoms. The van der Waals surface area contributed by atoms with Gasteiger partial charge < -0.3 is 10.6 Å². The van der Waals surface area contributed by atoms with Gasteiger partial charge in [-0.1, -0.05) is 30.9 Å². The minimum atomic E-state index is 0.735. The lowest BCUT2D eigenvalue weighted by atomic mass is 10.1. The van der Waals surface area contributed by atoms with E-state index in [4.69, 9.17) is 5.73 Å². The SMILES string of the molecule is C=C(C)/C=C(/c1ccc(N)cc1)N1C=C(Br)N=CC1=C. The van der Waals surface area contributed by atoms with Gasteiger partial charge >= 0.3 is 0 Å². The molecule has 2 N–H and O–H groups in total. The Morgan fingerprint density at radius 2 is 2.00 bits per heavy atom. The number of nitrogens with two attached hydrogens (primary N) is 1. The van der Waals surface area contributed by atoms with Crippen LogP contribution in [-0.2, 0) is 0 Å². The summed E-state index contributed by atoms with van der Waals surface area (Å²) in [6.45, 7) is 9.93. The normalized spacial score (nSPS) is 15.3. The Hall–Kier alpha value is -2.07. The van der Waals surface area contributed by atoms with E-state index in [9.17, 15) is 0 Å². The molecular formula is C16H16BrN3. The summed E-state index contributed by atoms with van der Waals surface area (Å²) in [5, 5.41) is 0. The summed E-state index contributed by atoms with van der Waals surface area (Å²) in [5.41, 5.74) is 10.2. The third-order valence-corrected chi connectivity index (χ3v) is 3.14. The predicted molar refractivity (Wildman–Crippen MR) is 90.1 cm³/mol. The van der Waals surface area contributed by atoms with Crippen LogP contribution in [0.3, 0.4) is 0 Å². The monoisotopic (exact) mass is 329 g/mol. The zero-order valence-electron chi connectivity index (χ0n) is 11.3. The fourth-order valence-corrected chi connectivity index (χ4v) is 2.13. The number of hydrogen-bond acceptors (Lipinski definition) is 3. The van der Waals surface area contributed by atoms with E-state index in [0.717, 1.165) is 32.8 Å². The van der Waals surface area contributed by atoms with Gasteiger partial charge in [-0.2, -0.15) is 0 Å². The first kappa shape index (κ1) is 14.3. The summed E-state index contributed by atoms with van der Waals surface area (Å²) in [6.07, 6.45) is 5.60. The summed E-state index contributed by atoms with van der Waals surface area (Å²) in [5.74, 6) is 0. The van der Waals surface area contributed by atoms with Crippen LogP contribution in [0.25, 0.3) is 5.70 Å². The molecule has 0 atom stereocenters. The van der Waals surface area contributed by atoms with Gasteiger partial charge in [0.25, 0.3) is 0 Å². The molecule has 1 aliphatic heterocycles. The van der Waals surface area contributed by atoms with Crippen LogP contribution in [0.1, 0.15) is 12.5 Å². The van der Waals surface area contributed by atoms with Gasteiger partial charge in [-0.3, -0.25) is 0 Å². The molecule has 20 heavy (non-hydrogen) atoms. The van der Waals surface area contributed by atoms with Crippen molar-refractivity contribution in [1.29, 1.82) is 0 Å². The second kappa shape index (κ2) is 5.92. The van der Waals surface area contributed by atoms with Crippen molar-refractivity contribution in [3.8, 4) is 0 Å². The molecule has 0 amide bonds. The number of rotatable bonds is 3. The molecular weight excluding hydrogens is 314 g/mol. The molecule has 1 aliphatic rings. The van der Waals surface area contributed by atoms with E-state index in [0.29, 0.717) is 0 Å². The Kier molecular flexibility index (Phi) is 4.25. The van der Waals surface area contributed by atoms with Crippen LogP contribution in [0.2, 0.25) is 0 Å². The Morgan fingerprint density at radius 1 is 1.35 bits per heavy atom. The Morgan fingerprint density at radius 3 is 2.60 bits per heavy atom. The standard InChI is InChI=1S/C16H16BrN3/c1-11(2)8-15(13-4-6-14(18)7-5-13)20-10-16(17)19-9-12(20)3/h4-10H,1,3,18H2,2H3/b15-8-. The lowest BCUT2D eigenvalue weighted by molar-refractivity contribution is 0.687. The zero-order chi connectivity index (χ0) is 14.7. The molecule has 0 unspecified atom stereocenters. The van der Waals surface area contributed by atoms with Crippen molar-refractivity contribution in [2.24, 2.45) is 4.99 Å². The minimum absolute atomic E-state index is 0.735. The van der Waals surface area contributed by atoms with Crippen LogP contribution < -0.4 is 5.73 Å². The van der Waals surface area contributed by atoms with Crippen LogP contribution in [0, 0.1) is 0 Å². The molecule has 1 heterocycles. The van der Waals surface area contributed by atoms with E-state index in [1.807, 2.05) is 48.4 Å². The second-order valence-electron chi connectivity index (χ2n) is 4.57. The maximum atomic E-state index is 5.75. The van der Waals surface area contributed by atoms with Crippen LogP contribution in [0.4, 0.5) is 5.69 Å². The summed E-state index contributed by atoms with van der Waals surface area (Å²) >= 11 is 3.39. The number of nitrogens with zero attached hydrogens (tertiary/aromatic N) is 2. The van der Waals surface area contributed by atoms with Gasteiger partial charge in [-0.25, -0.2) is 4.99 Å². The molecule has 0 spiro atoms. The zero-order valence-corrected chi connectivity index (χ0v) is 12.9. The van der Waals surface area contributed by atoms with Gasteiger partial charge in [0, 0.05) is 11.9 Å². The van der Waals surface area contributed by atoms with Crippen molar-refractivity contribution >= 4 is 33.5 Å². The van der Waals surface area contributed by atoms with Gasteiger partial charge in [0.2, 0.25) is 0 Å². The van der Waals surface area contributed by atoms with E-state index in [-0.39, 0.29) is 0 Å². The number of anilines is 1. The van der Waals surface area contributed by atoms with Crippen molar-refractivity contribution in [3.63, 3.8) is 0 Å². The van der Waals surface area contributed by atoms with Crippen molar-refractivity contribution in [3.05, 3.63) is 71.1 Å². The number of aliphatic imine (C=N–C) groups is 1. The van der Waals surface area contributed by atoms with E-state index in [1.54, 1.807) is 6.21 Å². The average Bonchev–Trinajstić information content (AvgIpc) is 2.40. The highest BCUT2D eigenvalue weighted by Gasteiger charge is 2.15. The molecule has 1 aromatic rings. The number of halogens is 1. The molecule has 0 saturated carbocycles. The highest BCUT2D eigenvalue weighted by molar-refractivity contribution is 9.11. The number of nitrogen functional groups attached to an aromatic ring is 1. The topological polar surface area (TPSA) is 41.6 Å². The largest absolute Gasteiger partial charge is 0.399 e. The Labute approximate surface area is 127 Å². The smallest absolute Gasteiger partial charge is 0.122 e. The first-order valence-corrected chi connectivity index (χ1v) is 6.89. The first-order chi connectivity index (χ1) is 9.47. The lowest BCUT2D eigenvalue weighted by Gasteiger charge is -2.26. The molecule has 0 saturated heterocycles. The highest BCUT2D eigenvalue weighted by atomic mass is 79.9. The summed E-state index contributed by atoms with van der Waals surface area (Å²) in [7, 11) is 0. The summed E-state index contributed by atoms with van der Waals surface area (Å²) < 4.78 is 0.743. The lowest BCUT2D eigenvalue weighted by Crippen LogP contribution is -2.18.